The van der Waals surface area contributed by atoms with E-state index in [4.69, 9.17) is 0 Å². The molecule has 2 rings (SSSR count). The van der Waals surface area contributed by atoms with E-state index < -0.39 is 0 Å². The number of nitrogens with zero attached hydrogens (tertiary/aromatic N) is 2. The second-order valence-corrected chi connectivity index (χ2v) is 4.67. The van der Waals surface area contributed by atoms with Crippen LogP contribution in [0.5, 0.6) is 0 Å². The van der Waals surface area contributed by atoms with Crippen molar-refractivity contribution in [1.82, 2.24) is 9.55 Å². The van der Waals surface area contributed by atoms with Gasteiger partial charge in [-0.05, 0) is 24.6 Å². The summed E-state index contributed by atoms with van der Waals surface area (Å²) in [5.41, 5.74) is 0.792. The quantitative estimate of drug-likeness (QED) is 0.867. The van der Waals surface area contributed by atoms with Gasteiger partial charge >= 0.3 is 0 Å². The predicted molar refractivity (Wildman–Crippen MR) is 68.6 cm³/mol. The average Bonchev–Trinajstić information content (AvgIpc) is 2.29. The maximum atomic E-state index is 12.1. The molecule has 0 unspecified atom stereocenters. The molecule has 84 valence electrons. The Morgan fingerprint density at radius 2 is 2.25 bits per heavy atom. The van der Waals surface area contributed by atoms with Gasteiger partial charge in [0.2, 0.25) is 0 Å². The molecule has 4 heteroatoms. The van der Waals surface area contributed by atoms with Crippen LogP contribution in [0.2, 0.25) is 0 Å². The molecular weight excluding hydrogens is 268 g/mol. The second-order valence-electron chi connectivity index (χ2n) is 3.76. The summed E-state index contributed by atoms with van der Waals surface area (Å²) < 4.78 is 2.59. The second kappa shape index (κ2) is 4.78. The SMILES string of the molecule is CCCCn1cnc2ccc(Br)cc2c1=O. The Morgan fingerprint density at radius 3 is 3.00 bits per heavy atom. The third-order valence-electron chi connectivity index (χ3n) is 2.54. The maximum absolute atomic E-state index is 12.1. The summed E-state index contributed by atoms with van der Waals surface area (Å²) >= 11 is 3.37. The number of halogens is 1. The van der Waals surface area contributed by atoms with Crippen molar-refractivity contribution in [2.75, 3.05) is 0 Å². The summed E-state index contributed by atoms with van der Waals surface area (Å²) in [5, 5.41) is 0.674. The fourth-order valence-corrected chi connectivity index (χ4v) is 1.98. The van der Waals surface area contributed by atoms with E-state index >= 15 is 0 Å². The lowest BCUT2D eigenvalue weighted by Gasteiger charge is -2.05. The van der Waals surface area contributed by atoms with Crippen molar-refractivity contribution in [2.24, 2.45) is 0 Å². The third-order valence-corrected chi connectivity index (χ3v) is 3.03. The molecule has 0 aliphatic rings. The van der Waals surface area contributed by atoms with Gasteiger partial charge in [0.1, 0.15) is 0 Å². The lowest BCUT2D eigenvalue weighted by atomic mass is 10.2. The summed E-state index contributed by atoms with van der Waals surface area (Å²) in [6.45, 7) is 2.85. The van der Waals surface area contributed by atoms with Crippen molar-refractivity contribution in [3.63, 3.8) is 0 Å². The summed E-state index contributed by atoms with van der Waals surface area (Å²) in [6, 6.07) is 5.57. The first kappa shape index (κ1) is 11.3. The van der Waals surface area contributed by atoms with Crippen molar-refractivity contribution in [1.29, 1.82) is 0 Å². The molecule has 0 saturated heterocycles. The molecule has 1 aromatic heterocycles. The van der Waals surface area contributed by atoms with Crippen LogP contribution in [0.4, 0.5) is 0 Å². The minimum Gasteiger partial charge on any atom is -0.299 e. The molecule has 0 saturated carbocycles. The zero-order valence-electron chi connectivity index (χ0n) is 9.11. The predicted octanol–water partition coefficient (Wildman–Crippen LogP) is 2.96. The Kier molecular flexibility index (Phi) is 3.39. The fourth-order valence-electron chi connectivity index (χ4n) is 1.62. The van der Waals surface area contributed by atoms with E-state index in [-0.39, 0.29) is 5.56 Å². The lowest BCUT2D eigenvalue weighted by Crippen LogP contribution is -2.20. The summed E-state index contributed by atoms with van der Waals surface area (Å²) in [5.74, 6) is 0. The first-order chi connectivity index (χ1) is 7.72. The molecule has 3 nitrogen and oxygen atoms in total. The Bertz CT molecular complexity index is 562. The number of unbranched alkanes of at least 4 members (excludes halogenated alkanes) is 1. The van der Waals surface area contributed by atoms with Crippen LogP contribution in [0.1, 0.15) is 19.8 Å². The van der Waals surface area contributed by atoms with Crippen molar-refractivity contribution >= 4 is 26.8 Å². The minimum absolute atomic E-state index is 0.0414. The number of fused-ring (bicyclic) bond motifs is 1. The highest BCUT2D eigenvalue weighted by Gasteiger charge is 2.03. The molecule has 0 fully saturated rings. The summed E-state index contributed by atoms with van der Waals surface area (Å²) in [4.78, 5) is 16.4. The van der Waals surface area contributed by atoms with E-state index in [1.54, 1.807) is 10.9 Å². The van der Waals surface area contributed by atoms with Crippen molar-refractivity contribution < 1.29 is 0 Å². The molecular formula is C12H13BrN2O. The molecule has 16 heavy (non-hydrogen) atoms. The van der Waals surface area contributed by atoms with Crippen LogP contribution in [-0.2, 0) is 6.54 Å². The van der Waals surface area contributed by atoms with Crippen LogP contribution in [0.25, 0.3) is 10.9 Å². The smallest absolute Gasteiger partial charge is 0.261 e. The van der Waals surface area contributed by atoms with Crippen LogP contribution in [0, 0.1) is 0 Å². The molecule has 0 amide bonds. The zero-order chi connectivity index (χ0) is 11.5. The highest BCUT2D eigenvalue weighted by molar-refractivity contribution is 9.10. The molecule has 0 radical (unpaired) electrons. The molecule has 0 atom stereocenters. The van der Waals surface area contributed by atoms with E-state index in [9.17, 15) is 4.79 Å². The van der Waals surface area contributed by atoms with E-state index in [2.05, 4.69) is 27.8 Å². The number of hydrogen-bond acceptors (Lipinski definition) is 2. The number of benzene rings is 1. The van der Waals surface area contributed by atoms with Gasteiger partial charge in [-0.15, -0.1) is 0 Å². The minimum atomic E-state index is 0.0414. The van der Waals surface area contributed by atoms with Gasteiger partial charge in [0, 0.05) is 11.0 Å². The summed E-state index contributed by atoms with van der Waals surface area (Å²) in [7, 11) is 0. The van der Waals surface area contributed by atoms with Gasteiger partial charge in [0.05, 0.1) is 17.2 Å². The Hall–Kier alpha value is -1.16. The first-order valence-electron chi connectivity index (χ1n) is 5.37. The topological polar surface area (TPSA) is 34.9 Å². The van der Waals surface area contributed by atoms with Crippen molar-refractivity contribution in [3.05, 3.63) is 39.4 Å². The Labute approximate surface area is 102 Å². The van der Waals surface area contributed by atoms with Crippen LogP contribution in [0.3, 0.4) is 0 Å². The van der Waals surface area contributed by atoms with Crippen molar-refractivity contribution in [3.8, 4) is 0 Å². The molecule has 0 aliphatic carbocycles. The van der Waals surface area contributed by atoms with E-state index in [1.165, 1.54) is 0 Å². The average molecular weight is 281 g/mol. The monoisotopic (exact) mass is 280 g/mol. The maximum Gasteiger partial charge on any atom is 0.261 e. The zero-order valence-corrected chi connectivity index (χ0v) is 10.7. The van der Waals surface area contributed by atoms with Gasteiger partial charge in [-0.3, -0.25) is 9.36 Å². The van der Waals surface area contributed by atoms with E-state index in [0.29, 0.717) is 5.39 Å². The van der Waals surface area contributed by atoms with Gasteiger partial charge in [-0.25, -0.2) is 4.98 Å². The number of rotatable bonds is 3. The first-order valence-corrected chi connectivity index (χ1v) is 6.16. The fraction of sp³-hybridized carbons (Fsp3) is 0.333. The lowest BCUT2D eigenvalue weighted by molar-refractivity contribution is 0.608. The molecule has 0 aliphatic heterocycles. The van der Waals surface area contributed by atoms with Gasteiger partial charge in [-0.2, -0.15) is 0 Å². The third kappa shape index (κ3) is 2.16. The standard InChI is InChI=1S/C12H13BrN2O/c1-2-3-6-15-8-14-11-5-4-9(13)7-10(11)12(15)16/h4-5,7-8H,2-3,6H2,1H3. The molecule has 0 spiro atoms. The normalized spacial score (nSPS) is 10.9. The molecule has 0 N–H and O–H groups in total. The van der Waals surface area contributed by atoms with Crippen LogP contribution in [-0.4, -0.2) is 9.55 Å². The van der Waals surface area contributed by atoms with Gasteiger partial charge in [-0.1, -0.05) is 29.3 Å². The van der Waals surface area contributed by atoms with Crippen LogP contribution < -0.4 is 5.56 Å². The van der Waals surface area contributed by atoms with E-state index in [1.807, 2.05) is 18.2 Å². The molecule has 0 bridgehead atoms. The largest absolute Gasteiger partial charge is 0.299 e. The highest BCUT2D eigenvalue weighted by Crippen LogP contribution is 2.14. The summed E-state index contributed by atoms with van der Waals surface area (Å²) in [6.07, 6.45) is 3.71. The van der Waals surface area contributed by atoms with Gasteiger partial charge in [0.15, 0.2) is 0 Å². The number of hydrogen-bond donors (Lipinski definition) is 0. The number of aryl methyl sites for hydroxylation is 1. The Morgan fingerprint density at radius 1 is 1.44 bits per heavy atom. The van der Waals surface area contributed by atoms with Crippen LogP contribution >= 0.6 is 15.9 Å². The van der Waals surface area contributed by atoms with Crippen molar-refractivity contribution in [2.45, 2.75) is 26.3 Å². The Balaban J connectivity index is 2.55. The molecule has 1 aromatic carbocycles. The molecule has 2 aromatic rings. The van der Waals surface area contributed by atoms with Crippen LogP contribution in [0.15, 0.2) is 33.8 Å². The molecule has 1 heterocycles. The van der Waals surface area contributed by atoms with Gasteiger partial charge in [0.25, 0.3) is 5.56 Å². The van der Waals surface area contributed by atoms with Gasteiger partial charge < -0.3 is 0 Å². The number of aromatic nitrogens is 2. The highest BCUT2D eigenvalue weighted by atomic mass is 79.9. The van der Waals surface area contributed by atoms with E-state index in [0.717, 1.165) is 29.4 Å².